The Hall–Kier alpha value is -1.81. The summed E-state index contributed by atoms with van der Waals surface area (Å²) in [7, 11) is 0. The van der Waals surface area contributed by atoms with Crippen LogP contribution in [0.2, 0.25) is 0 Å². The van der Waals surface area contributed by atoms with Gasteiger partial charge in [0.15, 0.2) is 5.78 Å². The topological polar surface area (TPSA) is 78.9 Å². The van der Waals surface area contributed by atoms with E-state index >= 15 is 0 Å². The standard InChI is InChI=1S/C26H35F2N3O2/c1-24(33)9-10-26(23(27)28)17(11-24)3-4-18-19-5-6-21(25(19,2)8-7-20(18)26)22(32)15-31-14-16(12-29)13-30-31/h13-14,17-21,23,33H,3-11,15H2,1-2H3/t17-,18+,19+,20+,21-,24-,25+,26-/m1/s1. The van der Waals surface area contributed by atoms with Crippen LogP contribution in [-0.4, -0.2) is 32.7 Å². The van der Waals surface area contributed by atoms with Crippen LogP contribution < -0.4 is 0 Å². The van der Waals surface area contributed by atoms with Crippen molar-refractivity contribution in [2.24, 2.45) is 40.4 Å². The van der Waals surface area contributed by atoms with E-state index in [-0.39, 0.29) is 41.4 Å². The van der Waals surface area contributed by atoms with Gasteiger partial charge in [0.1, 0.15) is 6.07 Å². The van der Waals surface area contributed by atoms with Crippen molar-refractivity contribution in [2.75, 3.05) is 0 Å². The summed E-state index contributed by atoms with van der Waals surface area (Å²) in [5, 5.41) is 23.8. The van der Waals surface area contributed by atoms with Crippen LogP contribution in [-0.2, 0) is 11.3 Å². The van der Waals surface area contributed by atoms with E-state index in [0.29, 0.717) is 30.7 Å². The van der Waals surface area contributed by atoms with E-state index in [9.17, 15) is 18.7 Å². The van der Waals surface area contributed by atoms with Crippen LogP contribution in [0.1, 0.15) is 77.2 Å². The summed E-state index contributed by atoms with van der Waals surface area (Å²) in [4.78, 5) is 13.3. The number of alkyl halides is 2. The monoisotopic (exact) mass is 459 g/mol. The van der Waals surface area contributed by atoms with Gasteiger partial charge < -0.3 is 5.11 Å². The molecule has 33 heavy (non-hydrogen) atoms. The number of nitriles is 1. The number of nitrogens with zero attached hydrogens (tertiary/aromatic N) is 3. The number of carbonyl (C=O) groups is 1. The van der Waals surface area contributed by atoms with Crippen molar-refractivity contribution in [3.05, 3.63) is 18.0 Å². The van der Waals surface area contributed by atoms with Gasteiger partial charge in [-0.3, -0.25) is 9.48 Å². The molecule has 4 aliphatic carbocycles. The maximum Gasteiger partial charge on any atom is 0.244 e. The molecule has 0 amide bonds. The van der Waals surface area contributed by atoms with Gasteiger partial charge in [0.05, 0.1) is 23.9 Å². The van der Waals surface area contributed by atoms with E-state index in [0.717, 1.165) is 38.5 Å². The number of aromatic nitrogens is 2. The first kappa shape index (κ1) is 23.0. The lowest BCUT2D eigenvalue weighted by Crippen LogP contribution is -2.59. The summed E-state index contributed by atoms with van der Waals surface area (Å²) in [6.45, 7) is 4.19. The molecule has 4 fully saturated rings. The van der Waals surface area contributed by atoms with Crippen LogP contribution in [0.15, 0.2) is 12.4 Å². The minimum absolute atomic E-state index is 0.0106. The maximum atomic E-state index is 14.8. The Kier molecular flexibility index (Phi) is 5.47. The number of rotatable bonds is 4. The SMILES string of the molecule is C[C@@]1(O)CC[C@@]2(C(F)F)[C@H](CC[C@H]3[C@@H]4CC[C@H](C(=O)Cn5cc(C#N)cn5)[C@@]4(C)CC[C@@H]32)C1. The number of aliphatic hydroxyl groups is 1. The van der Waals surface area contributed by atoms with Gasteiger partial charge in [-0.1, -0.05) is 6.92 Å². The second-order valence-electron chi connectivity index (χ2n) is 11.9. The summed E-state index contributed by atoms with van der Waals surface area (Å²) >= 11 is 0. The Morgan fingerprint density at radius 1 is 1.21 bits per heavy atom. The van der Waals surface area contributed by atoms with Gasteiger partial charge in [-0.05, 0) is 93.8 Å². The molecule has 180 valence electrons. The van der Waals surface area contributed by atoms with Crippen LogP contribution >= 0.6 is 0 Å². The largest absolute Gasteiger partial charge is 0.390 e. The highest BCUT2D eigenvalue weighted by atomic mass is 19.3. The number of fused-ring (bicyclic) bond motifs is 5. The number of halogens is 2. The lowest BCUT2D eigenvalue weighted by molar-refractivity contribution is -0.207. The van der Waals surface area contributed by atoms with Crippen molar-refractivity contribution < 1.29 is 18.7 Å². The minimum Gasteiger partial charge on any atom is -0.390 e. The fourth-order valence-electron chi connectivity index (χ4n) is 8.88. The molecule has 4 aliphatic rings. The molecule has 0 spiro atoms. The van der Waals surface area contributed by atoms with Crippen LogP contribution in [0.4, 0.5) is 8.78 Å². The predicted octanol–water partition coefficient (Wildman–Crippen LogP) is 4.98. The van der Waals surface area contributed by atoms with Gasteiger partial charge >= 0.3 is 0 Å². The van der Waals surface area contributed by atoms with Gasteiger partial charge in [-0.2, -0.15) is 10.4 Å². The molecule has 1 heterocycles. The van der Waals surface area contributed by atoms with E-state index in [4.69, 9.17) is 5.26 Å². The highest BCUT2D eigenvalue weighted by Gasteiger charge is 2.65. The third kappa shape index (κ3) is 3.47. The molecule has 0 bridgehead atoms. The number of ketones is 1. The Morgan fingerprint density at radius 3 is 2.70 bits per heavy atom. The number of carbonyl (C=O) groups excluding carboxylic acids is 1. The average molecular weight is 460 g/mol. The van der Waals surface area contributed by atoms with Crippen molar-refractivity contribution in [1.29, 1.82) is 5.26 Å². The zero-order valence-electron chi connectivity index (χ0n) is 19.6. The van der Waals surface area contributed by atoms with Gasteiger partial charge in [0.2, 0.25) is 6.43 Å². The van der Waals surface area contributed by atoms with Crippen molar-refractivity contribution in [2.45, 2.75) is 90.2 Å². The third-order valence-corrected chi connectivity index (χ3v) is 10.4. The Bertz CT molecular complexity index is 969. The van der Waals surface area contributed by atoms with Gasteiger partial charge in [-0.15, -0.1) is 0 Å². The van der Waals surface area contributed by atoms with Crippen LogP contribution in [0.3, 0.4) is 0 Å². The highest BCUT2D eigenvalue weighted by molar-refractivity contribution is 5.82. The fourth-order valence-corrected chi connectivity index (χ4v) is 8.88. The molecular weight excluding hydrogens is 424 g/mol. The van der Waals surface area contributed by atoms with E-state index in [2.05, 4.69) is 12.0 Å². The first-order valence-corrected chi connectivity index (χ1v) is 12.6. The zero-order valence-corrected chi connectivity index (χ0v) is 19.6. The first-order valence-electron chi connectivity index (χ1n) is 12.6. The molecule has 0 aromatic carbocycles. The summed E-state index contributed by atoms with van der Waals surface area (Å²) in [5.41, 5.74) is -1.52. The number of Topliss-reactive ketones (excluding diaryl/α,β-unsaturated/α-hetero) is 1. The average Bonchev–Trinajstić information content (AvgIpc) is 3.36. The van der Waals surface area contributed by atoms with Crippen molar-refractivity contribution in [3.8, 4) is 6.07 Å². The fraction of sp³-hybridized carbons (Fsp3) is 0.808. The summed E-state index contributed by atoms with van der Waals surface area (Å²) in [5.74, 6) is 0.493. The predicted molar refractivity (Wildman–Crippen MR) is 118 cm³/mol. The van der Waals surface area contributed by atoms with Crippen LogP contribution in [0.5, 0.6) is 0 Å². The first-order chi connectivity index (χ1) is 15.6. The molecule has 7 heteroatoms. The van der Waals surface area contributed by atoms with Crippen molar-refractivity contribution >= 4 is 5.78 Å². The Balaban J connectivity index is 1.38. The molecule has 1 aromatic rings. The summed E-state index contributed by atoms with van der Waals surface area (Å²) < 4.78 is 31.2. The van der Waals surface area contributed by atoms with Gasteiger partial charge in [-0.25, -0.2) is 8.78 Å². The molecule has 0 saturated heterocycles. The number of hydrogen-bond donors (Lipinski definition) is 1. The van der Waals surface area contributed by atoms with Crippen LogP contribution in [0.25, 0.3) is 0 Å². The van der Waals surface area contributed by atoms with Crippen molar-refractivity contribution in [3.63, 3.8) is 0 Å². The molecule has 0 unspecified atom stereocenters. The molecule has 1 aromatic heterocycles. The second-order valence-corrected chi connectivity index (χ2v) is 11.9. The third-order valence-electron chi connectivity index (χ3n) is 10.4. The van der Waals surface area contributed by atoms with E-state index in [1.54, 1.807) is 17.8 Å². The molecule has 5 nitrogen and oxygen atoms in total. The Labute approximate surface area is 194 Å². The highest BCUT2D eigenvalue weighted by Crippen LogP contribution is 2.69. The molecular formula is C26H35F2N3O2. The summed E-state index contributed by atoms with van der Waals surface area (Å²) in [6, 6.07) is 2.04. The van der Waals surface area contributed by atoms with Gasteiger partial charge in [0.25, 0.3) is 0 Å². The Morgan fingerprint density at radius 2 is 2.00 bits per heavy atom. The molecule has 0 radical (unpaired) electrons. The van der Waals surface area contributed by atoms with Crippen LogP contribution in [0, 0.1) is 51.8 Å². The van der Waals surface area contributed by atoms with E-state index in [1.807, 2.05) is 6.07 Å². The quantitative estimate of drug-likeness (QED) is 0.689. The molecule has 1 N–H and O–H groups in total. The molecule has 8 atom stereocenters. The summed E-state index contributed by atoms with van der Waals surface area (Å²) in [6.07, 6.45) is 7.08. The van der Waals surface area contributed by atoms with Gasteiger partial charge in [0, 0.05) is 17.5 Å². The lowest BCUT2D eigenvalue weighted by Gasteiger charge is -2.62. The van der Waals surface area contributed by atoms with E-state index in [1.165, 1.54) is 6.20 Å². The maximum absolute atomic E-state index is 14.8. The lowest BCUT2D eigenvalue weighted by atomic mass is 9.43. The smallest absolute Gasteiger partial charge is 0.244 e. The molecule has 0 aliphatic heterocycles. The second kappa shape index (κ2) is 7.86. The molecule has 5 rings (SSSR count). The normalized spacial score (nSPS) is 44.6. The zero-order chi connectivity index (χ0) is 23.6. The minimum atomic E-state index is -2.36. The van der Waals surface area contributed by atoms with Crippen molar-refractivity contribution in [1.82, 2.24) is 9.78 Å². The van der Waals surface area contributed by atoms with E-state index < -0.39 is 17.4 Å². The number of hydrogen-bond acceptors (Lipinski definition) is 4. The molecule has 4 saturated carbocycles.